The van der Waals surface area contributed by atoms with Gasteiger partial charge in [-0.05, 0) is 18.2 Å². The average Bonchev–Trinajstić information content (AvgIpc) is 2.57. The zero-order valence-corrected chi connectivity index (χ0v) is 13.8. The van der Waals surface area contributed by atoms with Crippen molar-refractivity contribution in [3.8, 4) is 0 Å². The van der Waals surface area contributed by atoms with Crippen LogP contribution < -0.4 is 0 Å². The lowest BCUT2D eigenvalue weighted by molar-refractivity contribution is -0.132. The van der Waals surface area contributed by atoms with E-state index in [1.54, 1.807) is 36.4 Å². The molecule has 0 unspecified atom stereocenters. The molecule has 0 fully saturated rings. The lowest BCUT2D eigenvalue weighted by atomic mass is 10.1. The van der Waals surface area contributed by atoms with Gasteiger partial charge in [0.2, 0.25) is 0 Å². The van der Waals surface area contributed by atoms with E-state index < -0.39 is 5.97 Å². The Kier molecular flexibility index (Phi) is 5.90. The van der Waals surface area contributed by atoms with Crippen LogP contribution in [0, 0.1) is 0 Å². The smallest absolute Gasteiger partial charge is 0.352 e. The van der Waals surface area contributed by atoms with Gasteiger partial charge >= 0.3 is 5.97 Å². The molecule has 0 aliphatic heterocycles. The summed E-state index contributed by atoms with van der Waals surface area (Å²) in [5.41, 5.74) is 0.915. The van der Waals surface area contributed by atoms with E-state index in [9.17, 15) is 9.59 Å². The molecule has 118 valence electrons. The molecule has 0 radical (unpaired) electrons. The van der Waals surface area contributed by atoms with E-state index in [2.05, 4.69) is 4.99 Å². The SMILES string of the molecule is COC(=O)C(CC(=O)c1ccccc1)=Nc1ccc(Cl)c(Cl)c1. The maximum absolute atomic E-state index is 12.3. The van der Waals surface area contributed by atoms with Crippen LogP contribution >= 0.6 is 23.2 Å². The number of hydrogen-bond acceptors (Lipinski definition) is 4. The summed E-state index contributed by atoms with van der Waals surface area (Å²) < 4.78 is 4.69. The van der Waals surface area contributed by atoms with E-state index in [0.29, 0.717) is 21.3 Å². The molecule has 6 heteroatoms. The highest BCUT2D eigenvalue weighted by molar-refractivity contribution is 6.42. The third-order valence-corrected chi connectivity index (χ3v) is 3.75. The first-order valence-corrected chi connectivity index (χ1v) is 7.46. The highest BCUT2D eigenvalue weighted by Crippen LogP contribution is 2.27. The third kappa shape index (κ3) is 4.65. The van der Waals surface area contributed by atoms with Gasteiger partial charge in [-0.1, -0.05) is 53.5 Å². The minimum Gasteiger partial charge on any atom is -0.465 e. The van der Waals surface area contributed by atoms with Gasteiger partial charge in [0.05, 0.1) is 29.3 Å². The van der Waals surface area contributed by atoms with Crippen LogP contribution in [-0.2, 0) is 9.53 Å². The van der Waals surface area contributed by atoms with Crippen molar-refractivity contribution in [3.05, 3.63) is 64.1 Å². The number of aliphatic imine (C=N–C) groups is 1. The molecule has 0 bridgehead atoms. The van der Waals surface area contributed by atoms with Gasteiger partial charge in [0, 0.05) is 5.56 Å². The maximum Gasteiger partial charge on any atom is 0.352 e. The summed E-state index contributed by atoms with van der Waals surface area (Å²) in [5, 5.41) is 0.692. The first kappa shape index (κ1) is 17.2. The highest BCUT2D eigenvalue weighted by Gasteiger charge is 2.18. The molecule has 2 aromatic carbocycles. The second kappa shape index (κ2) is 7.90. The largest absolute Gasteiger partial charge is 0.465 e. The zero-order valence-electron chi connectivity index (χ0n) is 12.3. The van der Waals surface area contributed by atoms with Gasteiger partial charge in [0.25, 0.3) is 0 Å². The van der Waals surface area contributed by atoms with Gasteiger partial charge in [-0.15, -0.1) is 0 Å². The summed E-state index contributed by atoms with van der Waals surface area (Å²) in [6, 6.07) is 13.3. The number of benzene rings is 2. The van der Waals surface area contributed by atoms with Crippen molar-refractivity contribution in [2.75, 3.05) is 7.11 Å². The predicted molar refractivity (Wildman–Crippen MR) is 91.0 cm³/mol. The maximum atomic E-state index is 12.3. The number of ketones is 1. The molecule has 4 nitrogen and oxygen atoms in total. The normalized spacial score (nSPS) is 11.2. The van der Waals surface area contributed by atoms with E-state index in [-0.39, 0.29) is 17.9 Å². The van der Waals surface area contributed by atoms with Gasteiger partial charge in [-0.3, -0.25) is 4.79 Å². The summed E-state index contributed by atoms with van der Waals surface area (Å²) in [7, 11) is 1.24. The number of carbonyl (C=O) groups is 2. The van der Waals surface area contributed by atoms with Gasteiger partial charge in [-0.2, -0.15) is 0 Å². The van der Waals surface area contributed by atoms with Crippen molar-refractivity contribution < 1.29 is 14.3 Å². The molecular weight excluding hydrogens is 337 g/mol. The van der Waals surface area contributed by atoms with Crippen molar-refractivity contribution >= 4 is 46.4 Å². The number of halogens is 2. The minimum atomic E-state index is -0.666. The fourth-order valence-corrected chi connectivity index (χ4v) is 2.16. The molecule has 0 amide bonds. The van der Waals surface area contributed by atoms with Crippen LogP contribution in [-0.4, -0.2) is 24.6 Å². The van der Waals surface area contributed by atoms with E-state index in [1.165, 1.54) is 13.2 Å². The zero-order chi connectivity index (χ0) is 16.8. The van der Waals surface area contributed by atoms with Gasteiger partial charge in [-0.25, -0.2) is 9.79 Å². The Morgan fingerprint density at radius 3 is 2.35 bits per heavy atom. The van der Waals surface area contributed by atoms with Crippen LogP contribution in [0.5, 0.6) is 0 Å². The summed E-state index contributed by atoms with van der Waals surface area (Å²) in [5.74, 6) is -0.893. The predicted octanol–water partition coefficient (Wildman–Crippen LogP) is 4.51. The molecule has 0 N–H and O–H groups in total. The van der Waals surface area contributed by atoms with Crippen molar-refractivity contribution in [1.82, 2.24) is 0 Å². The van der Waals surface area contributed by atoms with Gasteiger partial charge < -0.3 is 4.74 Å². The Balaban J connectivity index is 2.30. The quantitative estimate of drug-likeness (QED) is 0.453. The summed E-state index contributed by atoms with van der Waals surface area (Å²) >= 11 is 11.8. The Bertz CT molecular complexity index is 758. The number of rotatable bonds is 5. The van der Waals surface area contributed by atoms with Crippen molar-refractivity contribution in [2.45, 2.75) is 6.42 Å². The average molecular weight is 350 g/mol. The van der Waals surface area contributed by atoms with E-state index in [1.807, 2.05) is 6.07 Å². The Hall–Kier alpha value is -2.17. The van der Waals surface area contributed by atoms with E-state index >= 15 is 0 Å². The molecule has 0 aliphatic rings. The van der Waals surface area contributed by atoms with Crippen LogP contribution in [0.2, 0.25) is 10.0 Å². The van der Waals surface area contributed by atoms with E-state index in [0.717, 1.165) is 0 Å². The lowest BCUT2D eigenvalue weighted by Gasteiger charge is -2.05. The summed E-state index contributed by atoms with van der Waals surface area (Å²) in [4.78, 5) is 28.3. The van der Waals surface area contributed by atoms with Crippen LogP contribution in [0.3, 0.4) is 0 Å². The third-order valence-electron chi connectivity index (χ3n) is 3.01. The number of Topliss-reactive ketones (excluding diaryl/α,β-unsaturated/α-hetero) is 1. The Morgan fingerprint density at radius 2 is 1.74 bits per heavy atom. The van der Waals surface area contributed by atoms with Crippen LogP contribution in [0.15, 0.2) is 53.5 Å². The van der Waals surface area contributed by atoms with Crippen molar-refractivity contribution in [3.63, 3.8) is 0 Å². The van der Waals surface area contributed by atoms with Gasteiger partial charge in [0.15, 0.2) is 5.78 Å². The molecular formula is C17H13Cl2NO3. The first-order chi connectivity index (χ1) is 11.0. The van der Waals surface area contributed by atoms with Crippen LogP contribution in [0.1, 0.15) is 16.8 Å². The Labute approximate surface area is 143 Å². The van der Waals surface area contributed by atoms with Crippen LogP contribution in [0.4, 0.5) is 5.69 Å². The fourth-order valence-electron chi connectivity index (χ4n) is 1.86. The molecule has 23 heavy (non-hydrogen) atoms. The first-order valence-electron chi connectivity index (χ1n) is 6.70. The molecule has 0 aromatic heterocycles. The number of esters is 1. The fraction of sp³-hybridized carbons (Fsp3) is 0.118. The molecule has 0 heterocycles. The second-order valence-electron chi connectivity index (χ2n) is 4.61. The molecule has 0 spiro atoms. The van der Waals surface area contributed by atoms with Gasteiger partial charge in [0.1, 0.15) is 5.71 Å². The lowest BCUT2D eigenvalue weighted by Crippen LogP contribution is -2.19. The van der Waals surface area contributed by atoms with Crippen molar-refractivity contribution in [1.29, 1.82) is 0 Å². The number of carbonyl (C=O) groups excluding carboxylic acids is 2. The number of ether oxygens (including phenoxy) is 1. The van der Waals surface area contributed by atoms with Crippen LogP contribution in [0.25, 0.3) is 0 Å². The minimum absolute atomic E-state index is 0.000239. The number of hydrogen-bond donors (Lipinski definition) is 0. The second-order valence-corrected chi connectivity index (χ2v) is 5.43. The number of nitrogens with zero attached hydrogens (tertiary/aromatic N) is 1. The molecule has 2 rings (SSSR count). The summed E-state index contributed by atoms with van der Waals surface area (Å²) in [6.07, 6.45) is -0.170. The Morgan fingerprint density at radius 1 is 1.04 bits per heavy atom. The molecule has 2 aromatic rings. The standard InChI is InChI=1S/C17H13Cl2NO3/c1-23-17(22)15(10-16(21)11-5-3-2-4-6-11)20-12-7-8-13(18)14(19)9-12/h2-9H,10H2,1H3. The molecule has 0 atom stereocenters. The van der Waals surface area contributed by atoms with E-state index in [4.69, 9.17) is 27.9 Å². The summed E-state index contributed by atoms with van der Waals surface area (Å²) in [6.45, 7) is 0. The highest BCUT2D eigenvalue weighted by atomic mass is 35.5. The molecule has 0 aliphatic carbocycles. The topological polar surface area (TPSA) is 55.7 Å². The molecule has 0 saturated carbocycles. The van der Waals surface area contributed by atoms with Crippen molar-refractivity contribution in [2.24, 2.45) is 4.99 Å². The number of methoxy groups -OCH3 is 1. The monoisotopic (exact) mass is 349 g/mol. The molecule has 0 saturated heterocycles.